The summed E-state index contributed by atoms with van der Waals surface area (Å²) >= 11 is 0. The van der Waals surface area contributed by atoms with Crippen molar-refractivity contribution in [3.8, 4) is 5.75 Å². The highest BCUT2D eigenvalue weighted by Crippen LogP contribution is 2.36. The Bertz CT molecular complexity index is 806. The van der Waals surface area contributed by atoms with E-state index in [1.165, 1.54) is 18.8 Å². The first-order valence-electron chi connectivity index (χ1n) is 7.85. The first-order chi connectivity index (χ1) is 11.5. The second-order valence-corrected chi connectivity index (χ2v) is 7.57. The first-order valence-corrected chi connectivity index (χ1v) is 9.33. The average molecular weight is 347 g/mol. The molecule has 1 atom stereocenters. The van der Waals surface area contributed by atoms with Crippen LogP contribution in [0.1, 0.15) is 24.4 Å². The van der Waals surface area contributed by atoms with E-state index in [9.17, 15) is 8.42 Å². The van der Waals surface area contributed by atoms with E-state index >= 15 is 0 Å². The second kappa shape index (κ2) is 6.78. The number of hydrogen-bond acceptors (Lipinski definition) is 5. The van der Waals surface area contributed by atoms with E-state index in [0.29, 0.717) is 0 Å². The third-order valence-electron chi connectivity index (χ3n) is 4.33. The molecule has 1 aromatic heterocycles. The Hall–Kier alpha value is -2.12. The first kappa shape index (κ1) is 16.7. The third kappa shape index (κ3) is 3.22. The lowest BCUT2D eigenvalue weighted by molar-refractivity contribution is 0.414. The van der Waals surface area contributed by atoms with E-state index in [1.807, 2.05) is 18.2 Å². The van der Waals surface area contributed by atoms with Gasteiger partial charge in [-0.1, -0.05) is 12.1 Å². The molecule has 7 heteroatoms. The second-order valence-electron chi connectivity index (χ2n) is 5.69. The minimum Gasteiger partial charge on any atom is -0.497 e. The summed E-state index contributed by atoms with van der Waals surface area (Å²) < 4.78 is 31.2. The SMILES string of the molecule is CNS(=O)(=O)c1ccc(N2CCCC2c2cccc(OC)c2)nc1. The number of anilines is 1. The van der Waals surface area contributed by atoms with Gasteiger partial charge in [-0.15, -0.1) is 0 Å². The molecule has 1 aliphatic rings. The van der Waals surface area contributed by atoms with Crippen molar-refractivity contribution in [2.45, 2.75) is 23.8 Å². The summed E-state index contributed by atoms with van der Waals surface area (Å²) in [7, 11) is -0.409. The number of hydrogen-bond donors (Lipinski definition) is 1. The van der Waals surface area contributed by atoms with Gasteiger partial charge in [0, 0.05) is 12.7 Å². The molecule has 0 saturated carbocycles. The fourth-order valence-corrected chi connectivity index (χ4v) is 3.73. The highest BCUT2D eigenvalue weighted by molar-refractivity contribution is 7.89. The molecule has 1 aliphatic heterocycles. The molecule has 6 nitrogen and oxygen atoms in total. The number of rotatable bonds is 5. The number of nitrogens with one attached hydrogen (secondary N) is 1. The summed E-state index contributed by atoms with van der Waals surface area (Å²) in [5, 5.41) is 0. The van der Waals surface area contributed by atoms with Crippen molar-refractivity contribution >= 4 is 15.8 Å². The van der Waals surface area contributed by atoms with E-state index < -0.39 is 10.0 Å². The summed E-state index contributed by atoms with van der Waals surface area (Å²) in [5.41, 5.74) is 1.18. The van der Waals surface area contributed by atoms with Gasteiger partial charge in [0.25, 0.3) is 0 Å². The largest absolute Gasteiger partial charge is 0.497 e. The number of benzene rings is 1. The van der Waals surface area contributed by atoms with Gasteiger partial charge in [0.2, 0.25) is 10.0 Å². The predicted molar refractivity (Wildman–Crippen MR) is 92.8 cm³/mol. The number of pyridine rings is 1. The van der Waals surface area contributed by atoms with E-state index in [2.05, 4.69) is 20.7 Å². The summed E-state index contributed by atoms with van der Waals surface area (Å²) in [6.07, 6.45) is 3.51. The van der Waals surface area contributed by atoms with Crippen LogP contribution in [0.25, 0.3) is 0 Å². The molecule has 1 N–H and O–H groups in total. The molecule has 0 bridgehead atoms. The minimum atomic E-state index is -3.46. The zero-order chi connectivity index (χ0) is 17.2. The molecule has 1 fully saturated rings. The van der Waals surface area contributed by atoms with Gasteiger partial charge in [0.1, 0.15) is 16.5 Å². The van der Waals surface area contributed by atoms with E-state index in [0.717, 1.165) is 31.0 Å². The Morgan fingerprint density at radius 3 is 2.79 bits per heavy atom. The smallest absolute Gasteiger partial charge is 0.241 e. The predicted octanol–water partition coefficient (Wildman–Crippen LogP) is 2.34. The van der Waals surface area contributed by atoms with Crippen molar-refractivity contribution in [1.82, 2.24) is 9.71 Å². The molecule has 0 aliphatic carbocycles. The van der Waals surface area contributed by atoms with Crippen LogP contribution >= 0.6 is 0 Å². The van der Waals surface area contributed by atoms with Gasteiger partial charge in [-0.3, -0.25) is 0 Å². The lowest BCUT2D eigenvalue weighted by Gasteiger charge is -2.26. The van der Waals surface area contributed by atoms with Crippen LogP contribution in [-0.4, -0.2) is 34.1 Å². The molecule has 2 aromatic rings. The Kier molecular flexibility index (Phi) is 4.73. The fraction of sp³-hybridized carbons (Fsp3) is 0.353. The standard InChI is InChI=1S/C17H21N3O3S/c1-18-24(21,22)15-8-9-17(19-12-15)20-10-4-7-16(20)13-5-3-6-14(11-13)23-2/h3,5-6,8-9,11-12,16,18H,4,7,10H2,1-2H3. The summed E-state index contributed by atoms with van der Waals surface area (Å²) in [6, 6.07) is 11.6. The highest BCUT2D eigenvalue weighted by Gasteiger charge is 2.27. The highest BCUT2D eigenvalue weighted by atomic mass is 32.2. The topological polar surface area (TPSA) is 71.5 Å². The van der Waals surface area contributed by atoms with Crippen LogP contribution in [0.15, 0.2) is 47.5 Å². The molecule has 1 aromatic carbocycles. The van der Waals surface area contributed by atoms with Crippen LogP contribution in [0.3, 0.4) is 0 Å². The van der Waals surface area contributed by atoms with Crippen molar-refractivity contribution in [1.29, 1.82) is 0 Å². The Balaban J connectivity index is 1.88. The van der Waals surface area contributed by atoms with Crippen LogP contribution in [0.5, 0.6) is 5.75 Å². The lowest BCUT2D eigenvalue weighted by atomic mass is 10.0. The van der Waals surface area contributed by atoms with Gasteiger partial charge in [-0.25, -0.2) is 18.1 Å². The Morgan fingerprint density at radius 1 is 1.29 bits per heavy atom. The van der Waals surface area contributed by atoms with Crippen LogP contribution in [0, 0.1) is 0 Å². The molecule has 0 spiro atoms. The van der Waals surface area contributed by atoms with Gasteiger partial charge < -0.3 is 9.64 Å². The maximum atomic E-state index is 11.8. The molecule has 1 saturated heterocycles. The molecule has 3 rings (SSSR count). The fourth-order valence-electron chi connectivity index (χ4n) is 3.06. The van der Waals surface area contributed by atoms with Crippen molar-refractivity contribution in [2.75, 3.05) is 25.6 Å². The van der Waals surface area contributed by atoms with Crippen molar-refractivity contribution in [2.24, 2.45) is 0 Å². The van der Waals surface area contributed by atoms with E-state index in [4.69, 9.17) is 4.74 Å². The molecular formula is C17H21N3O3S. The third-order valence-corrected chi connectivity index (χ3v) is 5.72. The molecule has 24 heavy (non-hydrogen) atoms. The number of methoxy groups -OCH3 is 1. The lowest BCUT2D eigenvalue weighted by Crippen LogP contribution is -2.24. The van der Waals surface area contributed by atoms with Crippen LogP contribution in [-0.2, 0) is 10.0 Å². The van der Waals surface area contributed by atoms with Gasteiger partial charge in [0.05, 0.1) is 13.2 Å². The molecule has 2 heterocycles. The maximum Gasteiger partial charge on any atom is 0.241 e. The van der Waals surface area contributed by atoms with Crippen LogP contribution in [0.4, 0.5) is 5.82 Å². The molecule has 0 amide bonds. The monoisotopic (exact) mass is 347 g/mol. The number of aromatic nitrogens is 1. The zero-order valence-corrected chi connectivity index (χ0v) is 14.6. The number of nitrogens with zero attached hydrogens (tertiary/aromatic N) is 2. The molecule has 128 valence electrons. The molecular weight excluding hydrogens is 326 g/mol. The van der Waals surface area contributed by atoms with Crippen molar-refractivity contribution in [3.05, 3.63) is 48.2 Å². The quantitative estimate of drug-likeness (QED) is 0.899. The summed E-state index contributed by atoms with van der Waals surface area (Å²) in [4.78, 5) is 6.75. The number of sulfonamides is 1. The Labute approximate surface area is 142 Å². The van der Waals surface area contributed by atoms with Gasteiger partial charge in [-0.2, -0.15) is 0 Å². The van der Waals surface area contributed by atoms with E-state index in [1.54, 1.807) is 19.2 Å². The van der Waals surface area contributed by atoms with E-state index in [-0.39, 0.29) is 10.9 Å². The number of ether oxygens (including phenoxy) is 1. The Morgan fingerprint density at radius 2 is 2.12 bits per heavy atom. The maximum absolute atomic E-state index is 11.8. The molecule has 1 unspecified atom stereocenters. The average Bonchev–Trinajstić information content (AvgIpc) is 3.11. The minimum absolute atomic E-state index is 0.172. The van der Waals surface area contributed by atoms with Gasteiger partial charge in [-0.05, 0) is 49.7 Å². The van der Waals surface area contributed by atoms with Crippen molar-refractivity contribution in [3.63, 3.8) is 0 Å². The van der Waals surface area contributed by atoms with Gasteiger partial charge in [0.15, 0.2) is 0 Å². The van der Waals surface area contributed by atoms with Gasteiger partial charge >= 0.3 is 0 Å². The summed E-state index contributed by atoms with van der Waals surface area (Å²) in [6.45, 7) is 0.896. The van der Waals surface area contributed by atoms with Crippen molar-refractivity contribution < 1.29 is 13.2 Å². The summed E-state index contributed by atoms with van der Waals surface area (Å²) in [5.74, 6) is 1.62. The van der Waals surface area contributed by atoms with Crippen LogP contribution in [0.2, 0.25) is 0 Å². The van der Waals surface area contributed by atoms with Crippen LogP contribution < -0.4 is 14.4 Å². The zero-order valence-electron chi connectivity index (χ0n) is 13.8. The normalized spacial score (nSPS) is 17.9. The molecule has 0 radical (unpaired) electrons.